The molecule has 4 rings (SSSR count). The largest absolute Gasteiger partial charge is 0.495 e. The second-order valence-corrected chi connectivity index (χ2v) is 14.0. The van der Waals surface area contributed by atoms with Crippen molar-refractivity contribution in [2.45, 2.75) is 64.1 Å². The maximum atomic E-state index is 14.4. The van der Waals surface area contributed by atoms with Crippen LogP contribution in [0.4, 0.5) is 5.69 Å². The zero-order valence-electron chi connectivity index (χ0n) is 25.3. The summed E-state index contributed by atoms with van der Waals surface area (Å²) < 4.78 is 32.8. The van der Waals surface area contributed by atoms with Crippen LogP contribution in [0.2, 0.25) is 10.0 Å². The van der Waals surface area contributed by atoms with Gasteiger partial charge >= 0.3 is 0 Å². The van der Waals surface area contributed by atoms with Gasteiger partial charge in [0, 0.05) is 29.1 Å². The predicted molar refractivity (Wildman–Crippen MR) is 176 cm³/mol. The van der Waals surface area contributed by atoms with E-state index >= 15 is 0 Å². The van der Waals surface area contributed by atoms with Crippen LogP contribution in [-0.4, -0.2) is 57.1 Å². The first-order valence-corrected chi connectivity index (χ1v) is 17.3. The highest BCUT2D eigenvalue weighted by atomic mass is 35.5. The van der Waals surface area contributed by atoms with E-state index in [1.54, 1.807) is 36.4 Å². The molecule has 1 saturated carbocycles. The van der Waals surface area contributed by atoms with E-state index in [-0.39, 0.29) is 30.6 Å². The van der Waals surface area contributed by atoms with Gasteiger partial charge in [-0.15, -0.1) is 0 Å². The lowest BCUT2D eigenvalue weighted by molar-refractivity contribution is -0.140. The van der Waals surface area contributed by atoms with Crippen molar-refractivity contribution in [3.8, 4) is 5.75 Å². The maximum Gasteiger partial charge on any atom is 0.244 e. The number of hydrogen-bond donors (Lipinski definition) is 1. The number of benzene rings is 3. The molecular formula is C33H39Cl2N3O5S. The number of rotatable bonds is 12. The van der Waals surface area contributed by atoms with E-state index in [1.165, 1.54) is 12.0 Å². The standard InChI is InChI=1S/C33H39Cl2N3O5S/c1-23-14-17-31(43-2)29(18-23)38(44(3,41)42)22-32(39)37(21-25-15-16-26(34)20-28(25)35)30(19-24-10-6-4-7-11-24)33(40)36-27-12-8-5-9-13-27/h4,6-7,10-11,14-18,20,27,30H,5,8-9,12-13,19,21-22H2,1-3H3,(H,36,40)/t30-/m0/s1. The lowest BCUT2D eigenvalue weighted by Gasteiger charge is -2.35. The van der Waals surface area contributed by atoms with E-state index in [9.17, 15) is 18.0 Å². The second-order valence-electron chi connectivity index (χ2n) is 11.3. The van der Waals surface area contributed by atoms with Gasteiger partial charge in [0.2, 0.25) is 21.8 Å². The minimum atomic E-state index is -3.95. The smallest absolute Gasteiger partial charge is 0.244 e. The molecule has 236 valence electrons. The van der Waals surface area contributed by atoms with Crippen molar-refractivity contribution in [1.82, 2.24) is 10.2 Å². The first kappa shape index (κ1) is 33.6. The molecule has 8 nitrogen and oxygen atoms in total. The van der Waals surface area contributed by atoms with E-state index in [0.29, 0.717) is 21.4 Å². The quantitative estimate of drug-likeness (QED) is 0.251. The third kappa shape index (κ3) is 8.89. The summed E-state index contributed by atoms with van der Waals surface area (Å²) in [6, 6.07) is 18.6. The molecular weight excluding hydrogens is 621 g/mol. The van der Waals surface area contributed by atoms with E-state index < -0.39 is 28.5 Å². The molecule has 0 unspecified atom stereocenters. The molecule has 3 aromatic rings. The highest BCUT2D eigenvalue weighted by Gasteiger charge is 2.35. The lowest BCUT2D eigenvalue weighted by Crippen LogP contribution is -2.55. The third-order valence-electron chi connectivity index (χ3n) is 7.86. The molecule has 0 aliphatic heterocycles. The van der Waals surface area contributed by atoms with Gasteiger partial charge in [0.15, 0.2) is 0 Å². The fourth-order valence-electron chi connectivity index (χ4n) is 5.52. The highest BCUT2D eigenvalue weighted by molar-refractivity contribution is 7.92. The lowest BCUT2D eigenvalue weighted by atomic mass is 9.94. The molecule has 11 heteroatoms. The van der Waals surface area contributed by atoms with Gasteiger partial charge in [-0.25, -0.2) is 8.42 Å². The molecule has 1 aliphatic carbocycles. The summed E-state index contributed by atoms with van der Waals surface area (Å²) in [7, 11) is -2.51. The fourth-order valence-corrected chi connectivity index (χ4v) is 6.83. The van der Waals surface area contributed by atoms with Crippen molar-refractivity contribution < 1.29 is 22.7 Å². The molecule has 0 spiro atoms. The molecule has 1 aliphatic rings. The number of sulfonamides is 1. The number of carbonyl (C=O) groups excluding carboxylic acids is 2. The van der Waals surface area contributed by atoms with Crippen molar-refractivity contribution in [3.63, 3.8) is 0 Å². The van der Waals surface area contributed by atoms with Crippen molar-refractivity contribution in [1.29, 1.82) is 0 Å². The first-order valence-electron chi connectivity index (χ1n) is 14.7. The number of methoxy groups -OCH3 is 1. The van der Waals surface area contributed by atoms with Gasteiger partial charge in [-0.05, 0) is 60.7 Å². The van der Waals surface area contributed by atoms with Gasteiger partial charge in [0.25, 0.3) is 0 Å². The van der Waals surface area contributed by atoms with Gasteiger partial charge in [0.1, 0.15) is 18.3 Å². The maximum absolute atomic E-state index is 14.4. The summed E-state index contributed by atoms with van der Waals surface area (Å²) in [6.45, 7) is 1.24. The number of anilines is 1. The Labute approximate surface area is 270 Å². The van der Waals surface area contributed by atoms with Crippen molar-refractivity contribution in [3.05, 3.63) is 93.5 Å². The third-order valence-corrected chi connectivity index (χ3v) is 9.57. The molecule has 3 aromatic carbocycles. The average Bonchev–Trinajstić information content (AvgIpc) is 2.99. The number of nitrogens with one attached hydrogen (secondary N) is 1. The van der Waals surface area contributed by atoms with Gasteiger partial charge in [-0.1, -0.05) is 84.9 Å². The minimum absolute atomic E-state index is 0.00895. The molecule has 0 radical (unpaired) electrons. The summed E-state index contributed by atoms with van der Waals surface area (Å²) in [5, 5.41) is 3.95. The van der Waals surface area contributed by atoms with Crippen LogP contribution in [0.25, 0.3) is 0 Å². The monoisotopic (exact) mass is 659 g/mol. The van der Waals surface area contributed by atoms with E-state index in [4.69, 9.17) is 27.9 Å². The van der Waals surface area contributed by atoms with Crippen molar-refractivity contribution >= 4 is 50.7 Å². The fraction of sp³-hybridized carbons (Fsp3) is 0.394. The molecule has 1 N–H and O–H groups in total. The number of carbonyl (C=O) groups is 2. The minimum Gasteiger partial charge on any atom is -0.495 e. The Balaban J connectivity index is 1.78. The Hall–Kier alpha value is -3.27. The van der Waals surface area contributed by atoms with Crippen LogP contribution in [0.15, 0.2) is 66.7 Å². The number of nitrogens with zero attached hydrogens (tertiary/aromatic N) is 2. The van der Waals surface area contributed by atoms with Crippen LogP contribution in [0.1, 0.15) is 48.8 Å². The van der Waals surface area contributed by atoms with Crippen LogP contribution in [0.5, 0.6) is 5.75 Å². The average molecular weight is 661 g/mol. The number of amides is 2. The zero-order chi connectivity index (χ0) is 31.9. The summed E-state index contributed by atoms with van der Waals surface area (Å²) in [4.78, 5) is 29.9. The molecule has 1 atom stereocenters. The molecule has 44 heavy (non-hydrogen) atoms. The highest BCUT2D eigenvalue weighted by Crippen LogP contribution is 2.32. The van der Waals surface area contributed by atoms with Crippen LogP contribution >= 0.6 is 23.2 Å². The topological polar surface area (TPSA) is 96.0 Å². The van der Waals surface area contributed by atoms with Crippen LogP contribution in [0.3, 0.4) is 0 Å². The number of halogens is 2. The Bertz CT molecular complexity index is 1560. The summed E-state index contributed by atoms with van der Waals surface area (Å²) in [5.74, 6) is -0.556. The summed E-state index contributed by atoms with van der Waals surface area (Å²) in [5.41, 5.74) is 2.46. The van der Waals surface area contributed by atoms with Crippen LogP contribution < -0.4 is 14.4 Å². The SMILES string of the molecule is COc1ccc(C)cc1N(CC(=O)N(Cc1ccc(Cl)cc1Cl)[C@@H](Cc1ccccc1)C(=O)NC1CCCCC1)S(C)(=O)=O. The molecule has 1 fully saturated rings. The normalized spacial score (nSPS) is 14.5. The van der Waals surface area contributed by atoms with Crippen molar-refractivity contribution in [2.75, 3.05) is 24.2 Å². The van der Waals surface area contributed by atoms with E-state index in [1.807, 2.05) is 37.3 Å². The Morgan fingerprint density at radius 1 is 1.00 bits per heavy atom. The first-order chi connectivity index (χ1) is 21.0. The number of hydrogen-bond acceptors (Lipinski definition) is 5. The van der Waals surface area contributed by atoms with Crippen LogP contribution in [-0.2, 0) is 32.6 Å². The summed E-state index contributed by atoms with van der Waals surface area (Å²) >= 11 is 12.7. The molecule has 0 bridgehead atoms. The second kappa shape index (κ2) is 15.1. The Morgan fingerprint density at radius 2 is 1.70 bits per heavy atom. The molecule has 0 heterocycles. The van der Waals surface area contributed by atoms with Gasteiger partial charge < -0.3 is 15.0 Å². The van der Waals surface area contributed by atoms with Gasteiger partial charge in [0.05, 0.1) is 19.1 Å². The number of aryl methyl sites for hydroxylation is 1. The zero-order valence-corrected chi connectivity index (χ0v) is 27.6. The van der Waals surface area contributed by atoms with Crippen LogP contribution in [0, 0.1) is 6.92 Å². The Kier molecular flexibility index (Phi) is 11.6. The Morgan fingerprint density at radius 3 is 2.34 bits per heavy atom. The molecule has 0 saturated heterocycles. The van der Waals surface area contributed by atoms with E-state index in [0.717, 1.165) is 53.8 Å². The molecule has 2 amide bonds. The predicted octanol–water partition coefficient (Wildman–Crippen LogP) is 6.17. The number of ether oxygens (including phenoxy) is 1. The van der Waals surface area contributed by atoms with Gasteiger partial charge in [-0.3, -0.25) is 13.9 Å². The van der Waals surface area contributed by atoms with Crippen molar-refractivity contribution in [2.24, 2.45) is 0 Å². The van der Waals surface area contributed by atoms with E-state index in [2.05, 4.69) is 5.32 Å². The molecule has 0 aromatic heterocycles. The van der Waals surface area contributed by atoms with Gasteiger partial charge in [-0.2, -0.15) is 0 Å². The summed E-state index contributed by atoms with van der Waals surface area (Å²) in [6.07, 6.45) is 6.19.